The van der Waals surface area contributed by atoms with Gasteiger partial charge in [0.2, 0.25) is 0 Å². The number of nitrogens with zero attached hydrogens (tertiary/aromatic N) is 2. The van der Waals surface area contributed by atoms with Gasteiger partial charge >= 0.3 is 0 Å². The second-order valence-corrected chi connectivity index (χ2v) is 12.7. The Hall–Kier alpha value is -3.28. The molecule has 0 aliphatic carbocycles. The van der Waals surface area contributed by atoms with E-state index in [0.717, 1.165) is 30.9 Å². The molecule has 1 N–H and O–H groups in total. The molecule has 1 aromatic heterocycles. The van der Waals surface area contributed by atoms with Crippen molar-refractivity contribution in [2.45, 2.75) is 77.9 Å². The maximum Gasteiger partial charge on any atom is 0.270 e. The Morgan fingerprint density at radius 1 is 0.900 bits per heavy atom. The molecule has 0 radical (unpaired) electrons. The van der Waals surface area contributed by atoms with Gasteiger partial charge < -0.3 is 5.32 Å². The molecule has 0 aliphatic heterocycles. The average molecular weight is 554 g/mol. The van der Waals surface area contributed by atoms with E-state index in [9.17, 15) is 4.79 Å². The highest BCUT2D eigenvalue weighted by Crippen LogP contribution is 2.29. The maximum absolute atomic E-state index is 12.7. The molecule has 5 heteroatoms. The number of thiazole rings is 1. The van der Waals surface area contributed by atoms with Crippen LogP contribution in [0.2, 0.25) is 0 Å². The molecule has 0 saturated carbocycles. The highest BCUT2D eigenvalue weighted by molar-refractivity contribution is 7.09. The number of benzene rings is 3. The summed E-state index contributed by atoms with van der Waals surface area (Å²) in [6.45, 7) is 13.3. The molecule has 4 aromatic rings. The molecule has 0 bridgehead atoms. The van der Waals surface area contributed by atoms with Crippen LogP contribution in [0.15, 0.2) is 90.3 Å². The summed E-state index contributed by atoms with van der Waals surface area (Å²) in [5.41, 5.74) is 5.94. The van der Waals surface area contributed by atoms with Crippen LogP contribution in [-0.4, -0.2) is 28.4 Å². The molecule has 1 heterocycles. The molecular formula is C35H43N3OS. The summed E-state index contributed by atoms with van der Waals surface area (Å²) in [5, 5.41) is 5.90. The van der Waals surface area contributed by atoms with Gasteiger partial charge in [-0.3, -0.25) is 9.69 Å². The van der Waals surface area contributed by atoms with Crippen molar-refractivity contribution in [2.75, 3.05) is 6.54 Å². The van der Waals surface area contributed by atoms with E-state index in [1.54, 1.807) is 11.3 Å². The standard InChI is InChI=1S/C35H43N3OS/c1-6-26(2)36-34(39)32-25-40-33(37-32)24-38(23-27-17-19-30(20-18-27)35(3,4)5)22-21-31(28-13-9-7-10-14-28)29-15-11-8-12-16-29/h7-20,25-26,31H,6,21-24H2,1-5H3,(H,36,39). The van der Waals surface area contributed by atoms with Gasteiger partial charge in [0.15, 0.2) is 0 Å². The minimum absolute atomic E-state index is 0.0885. The van der Waals surface area contributed by atoms with Crippen molar-refractivity contribution >= 4 is 17.2 Å². The van der Waals surface area contributed by atoms with Crippen molar-refractivity contribution < 1.29 is 4.79 Å². The summed E-state index contributed by atoms with van der Waals surface area (Å²) in [4.78, 5) is 19.9. The Morgan fingerprint density at radius 2 is 1.50 bits per heavy atom. The van der Waals surface area contributed by atoms with E-state index in [1.165, 1.54) is 22.3 Å². The Balaban J connectivity index is 1.55. The molecule has 1 atom stereocenters. The molecule has 0 spiro atoms. The van der Waals surface area contributed by atoms with Crippen molar-refractivity contribution in [1.82, 2.24) is 15.2 Å². The first kappa shape index (κ1) is 29.7. The zero-order valence-electron chi connectivity index (χ0n) is 24.6. The van der Waals surface area contributed by atoms with Crippen LogP contribution in [0.4, 0.5) is 0 Å². The van der Waals surface area contributed by atoms with Crippen LogP contribution in [-0.2, 0) is 18.5 Å². The molecule has 4 nitrogen and oxygen atoms in total. The molecular weight excluding hydrogens is 510 g/mol. The predicted molar refractivity (Wildman–Crippen MR) is 168 cm³/mol. The van der Waals surface area contributed by atoms with Gasteiger partial charge in [-0.15, -0.1) is 11.3 Å². The van der Waals surface area contributed by atoms with Gasteiger partial charge in [-0.2, -0.15) is 0 Å². The number of hydrogen-bond donors (Lipinski definition) is 1. The van der Waals surface area contributed by atoms with E-state index in [0.29, 0.717) is 18.2 Å². The van der Waals surface area contributed by atoms with Gasteiger partial charge in [0.05, 0.1) is 6.54 Å². The summed E-state index contributed by atoms with van der Waals surface area (Å²) >= 11 is 1.57. The van der Waals surface area contributed by atoms with Gasteiger partial charge in [-0.05, 0) is 54.0 Å². The third-order valence-corrected chi connectivity index (χ3v) is 8.33. The lowest BCUT2D eigenvalue weighted by atomic mass is 9.86. The molecule has 4 rings (SSSR count). The smallest absolute Gasteiger partial charge is 0.270 e. The third-order valence-electron chi connectivity index (χ3n) is 7.50. The average Bonchev–Trinajstić information content (AvgIpc) is 3.42. The largest absolute Gasteiger partial charge is 0.348 e. The van der Waals surface area contributed by atoms with Gasteiger partial charge in [-0.1, -0.05) is 113 Å². The second kappa shape index (κ2) is 13.9. The van der Waals surface area contributed by atoms with Crippen LogP contribution >= 0.6 is 11.3 Å². The van der Waals surface area contributed by atoms with E-state index in [1.807, 2.05) is 12.3 Å². The summed E-state index contributed by atoms with van der Waals surface area (Å²) in [6.07, 6.45) is 1.88. The number of nitrogens with one attached hydrogen (secondary N) is 1. The van der Waals surface area contributed by atoms with Crippen molar-refractivity contribution in [2.24, 2.45) is 0 Å². The van der Waals surface area contributed by atoms with Crippen molar-refractivity contribution in [3.8, 4) is 0 Å². The number of amides is 1. The SMILES string of the molecule is CCC(C)NC(=O)c1csc(CN(CCC(c2ccccc2)c2ccccc2)Cc2ccc(C(C)(C)C)cc2)n1. The predicted octanol–water partition coefficient (Wildman–Crippen LogP) is 8.19. The Labute approximate surface area is 244 Å². The lowest BCUT2D eigenvalue weighted by Crippen LogP contribution is -2.32. The monoisotopic (exact) mass is 553 g/mol. The first-order valence-corrected chi connectivity index (χ1v) is 15.3. The Morgan fingerprint density at radius 3 is 2.05 bits per heavy atom. The lowest BCUT2D eigenvalue weighted by Gasteiger charge is -2.26. The first-order valence-electron chi connectivity index (χ1n) is 14.4. The van der Waals surface area contributed by atoms with E-state index in [-0.39, 0.29) is 17.4 Å². The molecule has 3 aromatic carbocycles. The van der Waals surface area contributed by atoms with E-state index in [4.69, 9.17) is 4.98 Å². The Kier molecular flexibility index (Phi) is 10.3. The fourth-order valence-corrected chi connectivity index (χ4v) is 5.68. The molecule has 0 saturated heterocycles. The van der Waals surface area contributed by atoms with E-state index >= 15 is 0 Å². The first-order chi connectivity index (χ1) is 19.2. The summed E-state index contributed by atoms with van der Waals surface area (Å²) < 4.78 is 0. The summed E-state index contributed by atoms with van der Waals surface area (Å²) in [5.74, 6) is 0.218. The lowest BCUT2D eigenvalue weighted by molar-refractivity contribution is 0.0934. The van der Waals surface area contributed by atoms with E-state index in [2.05, 4.69) is 123 Å². The van der Waals surface area contributed by atoms with Crippen LogP contribution in [0, 0.1) is 0 Å². The topological polar surface area (TPSA) is 45.2 Å². The normalized spacial score (nSPS) is 12.6. The minimum Gasteiger partial charge on any atom is -0.348 e. The highest BCUT2D eigenvalue weighted by Gasteiger charge is 2.19. The molecule has 0 aliphatic rings. The van der Waals surface area contributed by atoms with Gasteiger partial charge in [0.1, 0.15) is 10.7 Å². The number of hydrogen-bond acceptors (Lipinski definition) is 4. The Bertz CT molecular complexity index is 1290. The minimum atomic E-state index is -0.0885. The van der Waals surface area contributed by atoms with Crippen LogP contribution < -0.4 is 5.32 Å². The molecule has 1 unspecified atom stereocenters. The fourth-order valence-electron chi connectivity index (χ4n) is 4.87. The molecule has 0 fully saturated rings. The van der Waals surface area contributed by atoms with Crippen LogP contribution in [0.25, 0.3) is 0 Å². The van der Waals surface area contributed by atoms with E-state index < -0.39 is 0 Å². The number of rotatable bonds is 12. The zero-order chi connectivity index (χ0) is 28.5. The van der Waals surface area contributed by atoms with Gasteiger partial charge in [-0.25, -0.2) is 4.98 Å². The highest BCUT2D eigenvalue weighted by atomic mass is 32.1. The molecule has 1 amide bonds. The van der Waals surface area contributed by atoms with Crippen LogP contribution in [0.1, 0.15) is 91.1 Å². The summed E-state index contributed by atoms with van der Waals surface area (Å²) in [7, 11) is 0. The third kappa shape index (κ3) is 8.36. The quantitative estimate of drug-likeness (QED) is 0.192. The molecule has 40 heavy (non-hydrogen) atoms. The number of carbonyl (C=O) groups excluding carboxylic acids is 1. The molecule has 210 valence electrons. The zero-order valence-corrected chi connectivity index (χ0v) is 25.4. The summed E-state index contributed by atoms with van der Waals surface area (Å²) in [6, 6.07) is 30.8. The fraction of sp³-hybridized carbons (Fsp3) is 0.371. The van der Waals surface area contributed by atoms with Crippen molar-refractivity contribution in [3.63, 3.8) is 0 Å². The van der Waals surface area contributed by atoms with Gasteiger partial charge in [0.25, 0.3) is 5.91 Å². The number of aromatic nitrogens is 1. The van der Waals surface area contributed by atoms with Crippen molar-refractivity contribution in [3.05, 3.63) is 123 Å². The maximum atomic E-state index is 12.7. The number of carbonyl (C=O) groups is 1. The van der Waals surface area contributed by atoms with Crippen LogP contribution in [0.5, 0.6) is 0 Å². The van der Waals surface area contributed by atoms with Crippen LogP contribution in [0.3, 0.4) is 0 Å². The van der Waals surface area contributed by atoms with Gasteiger partial charge in [0, 0.05) is 23.9 Å². The second-order valence-electron chi connectivity index (χ2n) is 11.7. The van der Waals surface area contributed by atoms with Crippen molar-refractivity contribution in [1.29, 1.82) is 0 Å².